The summed E-state index contributed by atoms with van der Waals surface area (Å²) in [7, 11) is 0. The summed E-state index contributed by atoms with van der Waals surface area (Å²) in [5.74, 6) is 0. The summed E-state index contributed by atoms with van der Waals surface area (Å²) in [4.78, 5) is 0. The van der Waals surface area contributed by atoms with Crippen LogP contribution in [-0.4, -0.2) is 58.1 Å². The Morgan fingerprint density at radius 1 is 0.750 bits per heavy atom. The lowest BCUT2D eigenvalue weighted by Gasteiger charge is -2.16. The van der Waals surface area contributed by atoms with Gasteiger partial charge in [-0.05, 0) is 0 Å². The highest BCUT2D eigenvalue weighted by molar-refractivity contribution is 5.22. The van der Waals surface area contributed by atoms with Crippen LogP contribution in [0.25, 0.3) is 0 Å². The Balaban J connectivity index is 2.83. The molecule has 0 amide bonds. The molecule has 0 aromatic carbocycles. The first-order valence-electron chi connectivity index (χ1n) is 3.76. The molecule has 12 heavy (non-hydrogen) atoms. The van der Waals surface area contributed by atoms with Crippen molar-refractivity contribution in [1.82, 2.24) is 0 Å². The van der Waals surface area contributed by atoms with Crippen molar-refractivity contribution < 1.29 is 25.5 Å². The normalized spacial score (nSPS) is 25.8. The molecule has 0 atom stereocenters. The van der Waals surface area contributed by atoms with Crippen LogP contribution in [0.5, 0.6) is 0 Å². The standard InChI is InChI=1S/C7H14O5/c8-1-6(2-9)5(12)7(6,3-10)4-11/h5,8-12H,1-4H2. The van der Waals surface area contributed by atoms with E-state index in [2.05, 4.69) is 0 Å². The minimum Gasteiger partial charge on any atom is -0.396 e. The summed E-state index contributed by atoms with van der Waals surface area (Å²) >= 11 is 0. The van der Waals surface area contributed by atoms with Gasteiger partial charge < -0.3 is 25.5 Å². The summed E-state index contributed by atoms with van der Waals surface area (Å²) in [5, 5.41) is 44.9. The molecule has 0 aliphatic heterocycles. The monoisotopic (exact) mass is 178 g/mol. The van der Waals surface area contributed by atoms with E-state index in [9.17, 15) is 5.11 Å². The molecular formula is C7H14O5. The van der Waals surface area contributed by atoms with E-state index in [4.69, 9.17) is 20.4 Å². The number of rotatable bonds is 4. The molecule has 72 valence electrons. The van der Waals surface area contributed by atoms with Crippen molar-refractivity contribution in [1.29, 1.82) is 0 Å². The second kappa shape index (κ2) is 2.93. The number of hydrogen-bond acceptors (Lipinski definition) is 5. The van der Waals surface area contributed by atoms with Crippen molar-refractivity contribution in [2.24, 2.45) is 10.8 Å². The molecule has 0 bridgehead atoms. The van der Waals surface area contributed by atoms with Crippen molar-refractivity contribution in [3.8, 4) is 0 Å². The predicted octanol–water partition coefficient (Wildman–Crippen LogP) is -2.70. The van der Waals surface area contributed by atoms with Crippen LogP contribution < -0.4 is 0 Å². The topological polar surface area (TPSA) is 101 Å². The molecule has 1 fully saturated rings. The van der Waals surface area contributed by atoms with Gasteiger partial charge >= 0.3 is 0 Å². The quantitative estimate of drug-likeness (QED) is 0.322. The van der Waals surface area contributed by atoms with Gasteiger partial charge in [-0.15, -0.1) is 0 Å². The molecule has 1 aliphatic rings. The maximum atomic E-state index is 9.35. The van der Waals surface area contributed by atoms with Crippen molar-refractivity contribution >= 4 is 0 Å². The van der Waals surface area contributed by atoms with Gasteiger partial charge in [0.1, 0.15) is 0 Å². The molecule has 0 aromatic rings. The molecule has 5 nitrogen and oxygen atoms in total. The lowest BCUT2D eigenvalue weighted by Crippen LogP contribution is -2.27. The highest BCUT2D eigenvalue weighted by atomic mass is 16.3. The third-order valence-electron chi connectivity index (χ3n) is 3.08. The van der Waals surface area contributed by atoms with Crippen LogP contribution in [0.15, 0.2) is 0 Å². The smallest absolute Gasteiger partial charge is 0.0757 e. The molecule has 1 aliphatic carbocycles. The second-order valence-corrected chi connectivity index (χ2v) is 3.35. The van der Waals surface area contributed by atoms with Crippen LogP contribution in [0.4, 0.5) is 0 Å². The zero-order chi connectivity index (χ0) is 9.41. The minimum absolute atomic E-state index is 0.439. The fourth-order valence-corrected chi connectivity index (χ4v) is 1.79. The summed E-state index contributed by atoms with van der Waals surface area (Å²) in [6.45, 7) is -1.75. The van der Waals surface area contributed by atoms with Gasteiger partial charge in [0.05, 0.1) is 43.4 Å². The Kier molecular flexibility index (Phi) is 2.42. The molecule has 0 spiro atoms. The zero-order valence-electron chi connectivity index (χ0n) is 6.64. The van der Waals surface area contributed by atoms with E-state index in [1.807, 2.05) is 0 Å². The highest BCUT2D eigenvalue weighted by Crippen LogP contribution is 2.62. The maximum Gasteiger partial charge on any atom is 0.0757 e. The molecule has 0 radical (unpaired) electrons. The summed E-state index contributed by atoms with van der Waals surface area (Å²) in [6.07, 6.45) is -1.03. The van der Waals surface area contributed by atoms with E-state index in [-0.39, 0.29) is 0 Å². The predicted molar refractivity (Wildman–Crippen MR) is 39.2 cm³/mol. The van der Waals surface area contributed by atoms with Gasteiger partial charge in [0.2, 0.25) is 0 Å². The van der Waals surface area contributed by atoms with Crippen LogP contribution in [0.3, 0.4) is 0 Å². The van der Waals surface area contributed by atoms with Crippen LogP contribution >= 0.6 is 0 Å². The zero-order valence-corrected chi connectivity index (χ0v) is 6.64. The Bertz CT molecular complexity index is 143. The summed E-state index contributed by atoms with van der Waals surface area (Å²) in [5.41, 5.74) is -2.26. The Labute approximate surface area is 69.9 Å². The van der Waals surface area contributed by atoms with E-state index in [1.54, 1.807) is 0 Å². The van der Waals surface area contributed by atoms with Crippen LogP contribution in [0, 0.1) is 10.8 Å². The van der Waals surface area contributed by atoms with Crippen LogP contribution in [0.2, 0.25) is 0 Å². The molecule has 1 rings (SSSR count). The average molecular weight is 178 g/mol. The van der Waals surface area contributed by atoms with Gasteiger partial charge in [-0.2, -0.15) is 0 Å². The Morgan fingerprint density at radius 3 is 1.08 bits per heavy atom. The number of hydrogen-bond donors (Lipinski definition) is 5. The van der Waals surface area contributed by atoms with Crippen LogP contribution in [-0.2, 0) is 0 Å². The van der Waals surface area contributed by atoms with Crippen molar-refractivity contribution in [2.75, 3.05) is 26.4 Å². The van der Waals surface area contributed by atoms with E-state index >= 15 is 0 Å². The Hall–Kier alpha value is -0.200. The molecule has 0 heterocycles. The first-order valence-corrected chi connectivity index (χ1v) is 3.76. The third-order valence-corrected chi connectivity index (χ3v) is 3.08. The molecule has 0 saturated heterocycles. The molecule has 0 unspecified atom stereocenters. The molecular weight excluding hydrogens is 164 g/mol. The fourth-order valence-electron chi connectivity index (χ4n) is 1.79. The Morgan fingerprint density at radius 2 is 1.00 bits per heavy atom. The summed E-state index contributed by atoms with van der Waals surface area (Å²) in [6, 6.07) is 0. The largest absolute Gasteiger partial charge is 0.396 e. The van der Waals surface area contributed by atoms with Gasteiger partial charge in [-0.1, -0.05) is 0 Å². The van der Waals surface area contributed by atoms with Crippen molar-refractivity contribution in [3.05, 3.63) is 0 Å². The number of aliphatic hydroxyl groups excluding tert-OH is 5. The second-order valence-electron chi connectivity index (χ2n) is 3.35. The molecule has 5 heteroatoms. The maximum absolute atomic E-state index is 9.35. The fraction of sp³-hybridized carbons (Fsp3) is 1.00. The van der Waals surface area contributed by atoms with E-state index in [0.717, 1.165) is 0 Å². The third kappa shape index (κ3) is 0.800. The lowest BCUT2D eigenvalue weighted by atomic mass is 9.95. The molecule has 0 aromatic heterocycles. The van der Waals surface area contributed by atoms with Crippen molar-refractivity contribution in [2.45, 2.75) is 6.10 Å². The van der Waals surface area contributed by atoms with Crippen LogP contribution in [0.1, 0.15) is 0 Å². The van der Waals surface area contributed by atoms with Gasteiger partial charge in [0.15, 0.2) is 0 Å². The first kappa shape index (κ1) is 9.88. The average Bonchev–Trinajstić information content (AvgIpc) is 2.66. The van der Waals surface area contributed by atoms with Gasteiger partial charge in [-0.25, -0.2) is 0 Å². The minimum atomic E-state index is -1.13. The van der Waals surface area contributed by atoms with E-state index in [0.29, 0.717) is 0 Å². The number of aliphatic hydroxyl groups is 5. The van der Waals surface area contributed by atoms with E-state index in [1.165, 1.54) is 0 Å². The highest BCUT2D eigenvalue weighted by Gasteiger charge is 2.75. The van der Waals surface area contributed by atoms with Gasteiger partial charge in [0, 0.05) is 0 Å². The summed E-state index contributed by atoms with van der Waals surface area (Å²) < 4.78 is 0. The SMILES string of the molecule is OCC1(CO)C(O)C1(CO)CO. The van der Waals surface area contributed by atoms with Gasteiger partial charge in [-0.3, -0.25) is 0 Å². The lowest BCUT2D eigenvalue weighted by molar-refractivity contribution is 0.0411. The van der Waals surface area contributed by atoms with E-state index < -0.39 is 43.4 Å². The van der Waals surface area contributed by atoms with Gasteiger partial charge in [0.25, 0.3) is 0 Å². The van der Waals surface area contributed by atoms with Crippen molar-refractivity contribution in [3.63, 3.8) is 0 Å². The molecule has 5 N–H and O–H groups in total. The molecule has 1 saturated carbocycles. The first-order chi connectivity index (χ1) is 5.65.